The Morgan fingerprint density at radius 2 is 1.94 bits per heavy atom. The second-order valence-corrected chi connectivity index (χ2v) is 8.63. The molecule has 1 saturated heterocycles. The summed E-state index contributed by atoms with van der Waals surface area (Å²) in [5.74, 6) is -4.52. The van der Waals surface area contributed by atoms with Gasteiger partial charge in [0.25, 0.3) is 5.91 Å². The zero-order valence-electron chi connectivity index (χ0n) is 16.5. The molecule has 1 aromatic heterocycles. The van der Waals surface area contributed by atoms with Crippen molar-refractivity contribution in [3.8, 4) is 5.75 Å². The summed E-state index contributed by atoms with van der Waals surface area (Å²) in [6.45, 7) is -0.0803. The minimum Gasteiger partial charge on any atom is -0.487 e. The normalized spacial score (nSPS) is 17.9. The first-order valence-corrected chi connectivity index (χ1v) is 10.3. The number of carbonyl (C=O) groups excluding carboxylic acids is 1. The number of amides is 1. The Morgan fingerprint density at radius 1 is 1.23 bits per heavy atom. The Bertz CT molecular complexity index is 954. The van der Waals surface area contributed by atoms with Gasteiger partial charge in [-0.15, -0.1) is 5.10 Å². The van der Waals surface area contributed by atoms with Gasteiger partial charge in [-0.1, -0.05) is 16.8 Å². The number of hydrogen-bond acceptors (Lipinski definition) is 4. The number of carbonyl (C=O) groups is 1. The lowest BCUT2D eigenvalue weighted by Gasteiger charge is -2.31. The van der Waals surface area contributed by atoms with E-state index in [0.717, 1.165) is 12.8 Å². The minimum absolute atomic E-state index is 0.0134. The molecule has 1 aromatic carbocycles. The number of ether oxygens (including phenoxy) is 1. The number of alkyl halides is 4. The second kappa shape index (κ2) is 8.29. The first kappa shape index (κ1) is 21.9. The van der Waals surface area contributed by atoms with Gasteiger partial charge < -0.3 is 9.64 Å². The number of nitrogens with zero attached hydrogens (tertiary/aromatic N) is 4. The highest BCUT2D eigenvalue weighted by Gasteiger charge is 2.45. The SMILES string of the molecule is O=C(c1cn(Cc2cc(Cl)ccc2OCC(F)(F)C(F)F)nn1)N1CCC2(CC1)CC2. The van der Waals surface area contributed by atoms with Crippen LogP contribution in [0.4, 0.5) is 17.6 Å². The first-order chi connectivity index (χ1) is 14.7. The van der Waals surface area contributed by atoms with E-state index in [2.05, 4.69) is 10.3 Å². The van der Waals surface area contributed by atoms with Gasteiger partial charge in [0.2, 0.25) is 0 Å². The van der Waals surface area contributed by atoms with E-state index in [1.807, 2.05) is 0 Å². The van der Waals surface area contributed by atoms with Crippen molar-refractivity contribution in [2.24, 2.45) is 5.41 Å². The summed E-state index contributed by atoms with van der Waals surface area (Å²) in [5, 5.41) is 8.16. The highest BCUT2D eigenvalue weighted by atomic mass is 35.5. The van der Waals surface area contributed by atoms with E-state index in [1.54, 1.807) is 4.90 Å². The lowest BCUT2D eigenvalue weighted by Crippen LogP contribution is -2.39. The maximum absolute atomic E-state index is 13.2. The number of aromatic nitrogens is 3. The van der Waals surface area contributed by atoms with Gasteiger partial charge in [0.05, 0.1) is 12.7 Å². The van der Waals surface area contributed by atoms with Crippen LogP contribution in [0.25, 0.3) is 0 Å². The molecule has 6 nitrogen and oxygen atoms in total. The standard InChI is InChI=1S/C20H21ClF4N4O2/c21-14-1-2-16(31-12-20(24,25)18(22)23)13(9-14)10-29-11-15(26-27-29)17(30)28-7-5-19(3-4-19)6-8-28/h1-2,9,11,18H,3-8,10,12H2. The van der Waals surface area contributed by atoms with Gasteiger partial charge in [0.15, 0.2) is 12.3 Å². The van der Waals surface area contributed by atoms with Crippen LogP contribution < -0.4 is 4.74 Å². The van der Waals surface area contributed by atoms with E-state index in [4.69, 9.17) is 16.3 Å². The average molecular weight is 461 g/mol. The van der Waals surface area contributed by atoms with E-state index in [0.29, 0.717) is 29.1 Å². The molecule has 1 aliphatic heterocycles. The predicted molar refractivity (Wildman–Crippen MR) is 104 cm³/mol. The van der Waals surface area contributed by atoms with Crippen LogP contribution in [0, 0.1) is 5.41 Å². The molecule has 0 atom stereocenters. The largest absolute Gasteiger partial charge is 0.487 e. The van der Waals surface area contributed by atoms with Crippen molar-refractivity contribution in [1.82, 2.24) is 19.9 Å². The quantitative estimate of drug-likeness (QED) is 0.579. The monoisotopic (exact) mass is 460 g/mol. The Balaban J connectivity index is 1.43. The molecule has 11 heteroatoms. The molecule has 31 heavy (non-hydrogen) atoms. The van der Waals surface area contributed by atoms with Crippen molar-refractivity contribution in [2.75, 3.05) is 19.7 Å². The van der Waals surface area contributed by atoms with Gasteiger partial charge in [-0.2, -0.15) is 8.78 Å². The predicted octanol–water partition coefficient (Wildman–Crippen LogP) is 4.28. The maximum Gasteiger partial charge on any atom is 0.340 e. The fraction of sp³-hybridized carbons (Fsp3) is 0.550. The summed E-state index contributed by atoms with van der Waals surface area (Å²) in [5.41, 5.74) is 0.967. The molecule has 2 aromatic rings. The molecule has 2 aliphatic rings. The van der Waals surface area contributed by atoms with Crippen molar-refractivity contribution in [2.45, 2.75) is 44.6 Å². The van der Waals surface area contributed by atoms with Crippen molar-refractivity contribution < 1.29 is 27.1 Å². The van der Waals surface area contributed by atoms with Gasteiger partial charge in [-0.25, -0.2) is 13.5 Å². The molecule has 0 bridgehead atoms. The van der Waals surface area contributed by atoms with E-state index >= 15 is 0 Å². The lowest BCUT2D eigenvalue weighted by atomic mass is 9.93. The molecule has 1 aliphatic carbocycles. The number of hydrogen-bond donors (Lipinski definition) is 0. The zero-order valence-corrected chi connectivity index (χ0v) is 17.3. The van der Waals surface area contributed by atoms with Gasteiger partial charge in [-0.3, -0.25) is 4.79 Å². The smallest absolute Gasteiger partial charge is 0.340 e. The molecular formula is C20H21ClF4N4O2. The van der Waals surface area contributed by atoms with Crippen molar-refractivity contribution >= 4 is 17.5 Å². The summed E-state index contributed by atoms with van der Waals surface area (Å²) in [6.07, 6.45) is 2.09. The van der Waals surface area contributed by atoms with E-state index in [9.17, 15) is 22.4 Å². The maximum atomic E-state index is 13.2. The Labute approximate surface area is 181 Å². The molecule has 2 heterocycles. The van der Waals surface area contributed by atoms with Crippen LogP contribution in [0.15, 0.2) is 24.4 Å². The van der Waals surface area contributed by atoms with Gasteiger partial charge in [0.1, 0.15) is 5.75 Å². The molecule has 1 saturated carbocycles. The molecule has 0 N–H and O–H groups in total. The van der Waals surface area contributed by atoms with Crippen LogP contribution in [0.2, 0.25) is 5.02 Å². The molecule has 168 valence electrons. The van der Waals surface area contributed by atoms with Gasteiger partial charge in [0, 0.05) is 23.7 Å². The van der Waals surface area contributed by atoms with Gasteiger partial charge in [-0.05, 0) is 49.3 Å². The fourth-order valence-electron chi connectivity index (χ4n) is 3.72. The number of benzene rings is 1. The molecule has 0 unspecified atom stereocenters. The summed E-state index contributed by atoms with van der Waals surface area (Å²) >= 11 is 5.98. The summed E-state index contributed by atoms with van der Waals surface area (Å²) in [6, 6.07) is 4.18. The number of likely N-dealkylation sites (tertiary alicyclic amines) is 1. The Kier molecular flexibility index (Phi) is 5.85. The van der Waals surface area contributed by atoms with Crippen molar-refractivity contribution in [1.29, 1.82) is 0 Å². The number of piperidine rings is 1. The van der Waals surface area contributed by atoms with E-state index in [-0.39, 0.29) is 23.9 Å². The van der Waals surface area contributed by atoms with Gasteiger partial charge >= 0.3 is 12.3 Å². The molecule has 1 spiro atoms. The average Bonchev–Trinajstić information content (AvgIpc) is 3.31. The van der Waals surface area contributed by atoms with Crippen LogP contribution >= 0.6 is 11.6 Å². The third kappa shape index (κ3) is 4.94. The highest BCUT2D eigenvalue weighted by molar-refractivity contribution is 6.30. The van der Waals surface area contributed by atoms with Crippen LogP contribution in [0.5, 0.6) is 5.75 Å². The second-order valence-electron chi connectivity index (χ2n) is 8.20. The third-order valence-corrected chi connectivity index (χ3v) is 6.16. The summed E-state index contributed by atoms with van der Waals surface area (Å²) in [7, 11) is 0. The Morgan fingerprint density at radius 3 is 2.58 bits per heavy atom. The summed E-state index contributed by atoms with van der Waals surface area (Å²) < 4.78 is 57.5. The van der Waals surface area contributed by atoms with Crippen LogP contribution in [-0.2, 0) is 6.54 Å². The number of rotatable bonds is 7. The topological polar surface area (TPSA) is 60.3 Å². The summed E-state index contributed by atoms with van der Waals surface area (Å²) in [4.78, 5) is 14.5. The van der Waals surface area contributed by atoms with Crippen molar-refractivity contribution in [3.05, 3.63) is 40.7 Å². The zero-order chi connectivity index (χ0) is 22.2. The number of halogens is 5. The molecule has 1 amide bonds. The molecular weight excluding hydrogens is 440 g/mol. The molecule has 4 rings (SSSR count). The van der Waals surface area contributed by atoms with Crippen molar-refractivity contribution in [3.63, 3.8) is 0 Å². The fourth-order valence-corrected chi connectivity index (χ4v) is 3.92. The van der Waals surface area contributed by atoms with Crippen LogP contribution in [-0.4, -0.2) is 57.8 Å². The van der Waals surface area contributed by atoms with E-state index in [1.165, 1.54) is 41.9 Å². The highest BCUT2D eigenvalue weighted by Crippen LogP contribution is 2.53. The molecule has 0 radical (unpaired) electrons. The first-order valence-electron chi connectivity index (χ1n) is 9.94. The third-order valence-electron chi connectivity index (χ3n) is 5.92. The minimum atomic E-state index is -4.28. The lowest BCUT2D eigenvalue weighted by molar-refractivity contribution is -0.148. The van der Waals surface area contributed by atoms with Crippen LogP contribution in [0.3, 0.4) is 0 Å². The molecule has 2 fully saturated rings. The van der Waals surface area contributed by atoms with Crippen LogP contribution in [0.1, 0.15) is 41.7 Å². The Hall–Kier alpha value is -2.36. The van der Waals surface area contributed by atoms with E-state index < -0.39 is 19.0 Å².